The van der Waals surface area contributed by atoms with Gasteiger partial charge in [-0.3, -0.25) is 9.78 Å². The van der Waals surface area contributed by atoms with E-state index < -0.39 is 0 Å². The molecule has 1 amide bonds. The molecule has 0 aliphatic rings. The summed E-state index contributed by atoms with van der Waals surface area (Å²) in [5, 5.41) is 9.38. The molecule has 2 rings (SSSR count). The lowest BCUT2D eigenvalue weighted by atomic mass is 10.1. The van der Waals surface area contributed by atoms with E-state index in [1.54, 1.807) is 30.3 Å². The van der Waals surface area contributed by atoms with Crippen LogP contribution in [0.5, 0.6) is 5.75 Å². The van der Waals surface area contributed by atoms with Crippen LogP contribution in [0.1, 0.15) is 21.6 Å². The van der Waals surface area contributed by atoms with Gasteiger partial charge < -0.3 is 10.0 Å². The molecular weight excluding hydrogens is 252 g/mol. The predicted molar refractivity (Wildman–Crippen MR) is 77.7 cm³/mol. The molecule has 4 heteroatoms. The van der Waals surface area contributed by atoms with Gasteiger partial charge in [0.15, 0.2) is 0 Å². The van der Waals surface area contributed by atoms with Crippen molar-refractivity contribution >= 4 is 5.91 Å². The molecule has 2 aromatic rings. The Morgan fingerprint density at radius 3 is 2.75 bits per heavy atom. The van der Waals surface area contributed by atoms with Gasteiger partial charge in [0, 0.05) is 37.5 Å². The summed E-state index contributed by atoms with van der Waals surface area (Å²) in [5.41, 5.74) is 2.36. The predicted octanol–water partition coefficient (Wildman–Crippen LogP) is 2.41. The summed E-state index contributed by atoms with van der Waals surface area (Å²) in [6, 6.07) is 10.5. The van der Waals surface area contributed by atoms with E-state index in [4.69, 9.17) is 0 Å². The van der Waals surface area contributed by atoms with Gasteiger partial charge >= 0.3 is 0 Å². The van der Waals surface area contributed by atoms with Crippen LogP contribution in [0.15, 0.2) is 42.6 Å². The van der Waals surface area contributed by atoms with Crippen LogP contribution in [0.2, 0.25) is 0 Å². The number of carbonyl (C=O) groups is 1. The van der Waals surface area contributed by atoms with Crippen molar-refractivity contribution in [3.05, 3.63) is 59.4 Å². The zero-order valence-electron chi connectivity index (χ0n) is 11.7. The number of nitrogens with zero attached hydrogens (tertiary/aromatic N) is 2. The number of aryl methyl sites for hydroxylation is 1. The SMILES string of the molecule is Cc1cc(O)ccc1C(=O)N(C)CCc1ccccn1. The number of rotatable bonds is 4. The molecule has 0 radical (unpaired) electrons. The van der Waals surface area contributed by atoms with Crippen LogP contribution in [-0.4, -0.2) is 34.5 Å². The first-order valence-electron chi connectivity index (χ1n) is 6.53. The minimum absolute atomic E-state index is 0.0431. The quantitative estimate of drug-likeness (QED) is 0.928. The van der Waals surface area contributed by atoms with Gasteiger partial charge in [-0.1, -0.05) is 6.07 Å². The first kappa shape index (κ1) is 14.1. The molecule has 20 heavy (non-hydrogen) atoms. The summed E-state index contributed by atoms with van der Waals surface area (Å²) >= 11 is 0. The Bertz CT molecular complexity index is 597. The number of phenolic OH excluding ortho intramolecular Hbond substituents is 1. The van der Waals surface area contributed by atoms with Crippen molar-refractivity contribution < 1.29 is 9.90 Å². The molecule has 0 aliphatic carbocycles. The van der Waals surface area contributed by atoms with Crippen molar-refractivity contribution in [3.63, 3.8) is 0 Å². The number of likely N-dealkylation sites (N-methyl/N-ethyl adjacent to an activating group) is 1. The Balaban J connectivity index is 2.01. The normalized spacial score (nSPS) is 10.3. The van der Waals surface area contributed by atoms with Crippen molar-refractivity contribution in [3.8, 4) is 5.75 Å². The second-order valence-corrected chi connectivity index (χ2v) is 4.80. The Kier molecular flexibility index (Phi) is 4.35. The van der Waals surface area contributed by atoms with E-state index >= 15 is 0 Å². The van der Waals surface area contributed by atoms with Gasteiger partial charge in [0.25, 0.3) is 5.91 Å². The van der Waals surface area contributed by atoms with Crippen LogP contribution >= 0.6 is 0 Å². The second kappa shape index (κ2) is 6.19. The number of amides is 1. The van der Waals surface area contributed by atoms with Crippen LogP contribution < -0.4 is 0 Å². The third kappa shape index (κ3) is 3.35. The molecule has 1 aromatic heterocycles. The topological polar surface area (TPSA) is 53.4 Å². The first-order valence-corrected chi connectivity index (χ1v) is 6.53. The fourth-order valence-corrected chi connectivity index (χ4v) is 2.02. The van der Waals surface area contributed by atoms with Gasteiger partial charge in [0.2, 0.25) is 0 Å². The standard InChI is InChI=1S/C16H18N2O2/c1-12-11-14(19)6-7-15(12)16(20)18(2)10-8-13-5-3-4-9-17-13/h3-7,9,11,19H,8,10H2,1-2H3. The van der Waals surface area contributed by atoms with Crippen molar-refractivity contribution in [2.75, 3.05) is 13.6 Å². The molecule has 0 saturated carbocycles. The number of aromatic hydroxyl groups is 1. The summed E-state index contributed by atoms with van der Waals surface area (Å²) in [6.07, 6.45) is 2.47. The van der Waals surface area contributed by atoms with Crippen LogP contribution in [0.25, 0.3) is 0 Å². The smallest absolute Gasteiger partial charge is 0.253 e. The van der Waals surface area contributed by atoms with Gasteiger partial charge in [-0.15, -0.1) is 0 Å². The molecule has 0 unspecified atom stereocenters. The maximum absolute atomic E-state index is 12.3. The average Bonchev–Trinajstić information content (AvgIpc) is 2.45. The average molecular weight is 270 g/mol. The van der Waals surface area contributed by atoms with Crippen molar-refractivity contribution in [2.24, 2.45) is 0 Å². The van der Waals surface area contributed by atoms with E-state index in [9.17, 15) is 9.90 Å². The number of phenols is 1. The summed E-state index contributed by atoms with van der Waals surface area (Å²) in [7, 11) is 1.78. The Hall–Kier alpha value is -2.36. The monoisotopic (exact) mass is 270 g/mol. The molecule has 1 heterocycles. The van der Waals surface area contributed by atoms with Crippen molar-refractivity contribution in [1.29, 1.82) is 0 Å². The third-order valence-corrected chi connectivity index (χ3v) is 3.22. The number of hydrogen-bond acceptors (Lipinski definition) is 3. The fourth-order valence-electron chi connectivity index (χ4n) is 2.02. The summed E-state index contributed by atoms with van der Waals surface area (Å²) in [5.74, 6) is 0.133. The Morgan fingerprint density at radius 2 is 2.10 bits per heavy atom. The molecular formula is C16H18N2O2. The van der Waals surface area contributed by atoms with E-state index in [1.807, 2.05) is 25.1 Å². The fraction of sp³-hybridized carbons (Fsp3) is 0.250. The molecule has 0 atom stereocenters. The maximum Gasteiger partial charge on any atom is 0.253 e. The zero-order chi connectivity index (χ0) is 14.5. The zero-order valence-corrected chi connectivity index (χ0v) is 11.7. The minimum atomic E-state index is -0.0431. The first-order chi connectivity index (χ1) is 9.58. The number of aromatic nitrogens is 1. The summed E-state index contributed by atoms with van der Waals surface area (Å²) in [4.78, 5) is 18.2. The molecule has 0 spiro atoms. The van der Waals surface area contributed by atoms with Crippen molar-refractivity contribution in [1.82, 2.24) is 9.88 Å². The molecule has 0 fully saturated rings. The van der Waals surface area contributed by atoms with Crippen LogP contribution in [0.4, 0.5) is 0 Å². The highest BCUT2D eigenvalue weighted by molar-refractivity contribution is 5.95. The van der Waals surface area contributed by atoms with Crippen LogP contribution in [0.3, 0.4) is 0 Å². The number of hydrogen-bond donors (Lipinski definition) is 1. The highest BCUT2D eigenvalue weighted by atomic mass is 16.3. The largest absolute Gasteiger partial charge is 0.508 e. The number of carbonyl (C=O) groups excluding carboxylic acids is 1. The van der Waals surface area contributed by atoms with E-state index in [0.29, 0.717) is 12.1 Å². The van der Waals surface area contributed by atoms with E-state index in [2.05, 4.69) is 4.98 Å². The Morgan fingerprint density at radius 1 is 1.30 bits per heavy atom. The lowest BCUT2D eigenvalue weighted by molar-refractivity contribution is 0.0795. The van der Waals surface area contributed by atoms with Gasteiger partial charge in [-0.25, -0.2) is 0 Å². The molecule has 0 saturated heterocycles. The van der Waals surface area contributed by atoms with E-state index in [1.165, 1.54) is 6.07 Å². The van der Waals surface area contributed by atoms with Crippen molar-refractivity contribution in [2.45, 2.75) is 13.3 Å². The molecule has 4 nitrogen and oxygen atoms in total. The number of pyridine rings is 1. The lowest BCUT2D eigenvalue weighted by Gasteiger charge is -2.18. The molecule has 1 aromatic carbocycles. The molecule has 0 bridgehead atoms. The maximum atomic E-state index is 12.3. The van der Waals surface area contributed by atoms with E-state index in [0.717, 1.165) is 17.7 Å². The van der Waals surface area contributed by atoms with Gasteiger partial charge in [-0.05, 0) is 42.8 Å². The Labute approximate surface area is 118 Å². The highest BCUT2D eigenvalue weighted by Gasteiger charge is 2.14. The van der Waals surface area contributed by atoms with Gasteiger partial charge in [0.1, 0.15) is 5.75 Å². The van der Waals surface area contributed by atoms with Gasteiger partial charge in [0.05, 0.1) is 0 Å². The second-order valence-electron chi connectivity index (χ2n) is 4.80. The minimum Gasteiger partial charge on any atom is -0.508 e. The van der Waals surface area contributed by atoms with E-state index in [-0.39, 0.29) is 11.7 Å². The van der Waals surface area contributed by atoms with Gasteiger partial charge in [-0.2, -0.15) is 0 Å². The van der Waals surface area contributed by atoms with Crippen LogP contribution in [-0.2, 0) is 6.42 Å². The summed E-state index contributed by atoms with van der Waals surface area (Å²) in [6.45, 7) is 2.43. The number of benzene rings is 1. The summed E-state index contributed by atoms with van der Waals surface area (Å²) < 4.78 is 0. The molecule has 0 aliphatic heterocycles. The van der Waals surface area contributed by atoms with Crippen LogP contribution in [0, 0.1) is 6.92 Å². The molecule has 104 valence electrons. The lowest BCUT2D eigenvalue weighted by Crippen LogP contribution is -2.29. The molecule has 1 N–H and O–H groups in total. The highest BCUT2D eigenvalue weighted by Crippen LogP contribution is 2.17. The third-order valence-electron chi connectivity index (χ3n) is 3.22.